The number of aromatic nitrogens is 4. The maximum Gasteiger partial charge on any atom is 0.410 e. The zero-order valence-corrected chi connectivity index (χ0v) is 28.7. The number of piperidine rings is 1. The fraction of sp³-hybridized carbons (Fsp3) is 0.306. The molecule has 2 aromatic carbocycles. The number of sulfonamides is 1. The van der Waals surface area contributed by atoms with Crippen molar-refractivity contribution in [2.24, 2.45) is 0 Å². The predicted octanol–water partition coefficient (Wildman–Crippen LogP) is 6.94. The van der Waals surface area contributed by atoms with Crippen LogP contribution in [0, 0.1) is 6.92 Å². The van der Waals surface area contributed by atoms with Crippen LogP contribution in [0.3, 0.4) is 0 Å². The molecule has 1 amide bonds. The van der Waals surface area contributed by atoms with E-state index in [2.05, 4.69) is 25.0 Å². The van der Waals surface area contributed by atoms with Crippen molar-refractivity contribution in [2.75, 3.05) is 23.1 Å². The Morgan fingerprint density at radius 1 is 0.959 bits per heavy atom. The summed E-state index contributed by atoms with van der Waals surface area (Å²) in [6.07, 6.45) is 7.81. The van der Waals surface area contributed by atoms with Gasteiger partial charge in [-0.05, 0) is 88.1 Å². The summed E-state index contributed by atoms with van der Waals surface area (Å²) in [4.78, 5) is 32.1. The van der Waals surface area contributed by atoms with Crippen molar-refractivity contribution in [1.82, 2.24) is 24.8 Å². The van der Waals surface area contributed by atoms with E-state index in [9.17, 15) is 13.2 Å². The molecule has 6 rings (SSSR count). The lowest BCUT2D eigenvalue weighted by Crippen LogP contribution is -2.47. The lowest BCUT2D eigenvalue weighted by atomic mass is 10.0. The van der Waals surface area contributed by atoms with Gasteiger partial charge in [0, 0.05) is 54.7 Å². The van der Waals surface area contributed by atoms with Gasteiger partial charge in [0.05, 0.1) is 22.7 Å². The summed E-state index contributed by atoms with van der Waals surface area (Å²) in [6.45, 7) is 8.61. The molecule has 0 bridgehead atoms. The molecule has 0 unspecified atom stereocenters. The van der Waals surface area contributed by atoms with Gasteiger partial charge in [-0.25, -0.2) is 28.2 Å². The van der Waals surface area contributed by atoms with Crippen molar-refractivity contribution >= 4 is 38.5 Å². The first-order valence-corrected chi connectivity index (χ1v) is 17.7. The number of nitrogens with zero attached hydrogens (tertiary/aromatic N) is 5. The monoisotopic (exact) mass is 681 g/mol. The quantitative estimate of drug-likeness (QED) is 0.168. The molecule has 4 heterocycles. The summed E-state index contributed by atoms with van der Waals surface area (Å²) in [5.41, 5.74) is 2.61. The molecule has 12 nitrogen and oxygen atoms in total. The minimum absolute atomic E-state index is 0.0456. The Kier molecular flexibility index (Phi) is 9.63. The van der Waals surface area contributed by atoms with Gasteiger partial charge >= 0.3 is 6.09 Å². The van der Waals surface area contributed by atoms with Crippen LogP contribution in [-0.2, 0) is 20.5 Å². The van der Waals surface area contributed by atoms with Gasteiger partial charge in [0.25, 0.3) is 0 Å². The highest BCUT2D eigenvalue weighted by Gasteiger charge is 2.28. The molecule has 254 valence electrons. The molecule has 1 atom stereocenters. The minimum atomic E-state index is -3.71. The van der Waals surface area contributed by atoms with E-state index in [1.807, 2.05) is 58.0 Å². The van der Waals surface area contributed by atoms with Gasteiger partial charge in [-0.1, -0.05) is 24.3 Å². The molecule has 1 aliphatic heterocycles. The van der Waals surface area contributed by atoms with Crippen LogP contribution in [0.2, 0.25) is 0 Å². The molecule has 3 aromatic heterocycles. The van der Waals surface area contributed by atoms with E-state index in [-0.39, 0.29) is 17.9 Å². The number of pyridine rings is 2. The van der Waals surface area contributed by atoms with E-state index in [4.69, 9.17) is 14.5 Å². The molecule has 13 heteroatoms. The molecule has 49 heavy (non-hydrogen) atoms. The number of amides is 1. The zero-order chi connectivity index (χ0) is 34.6. The second kappa shape index (κ2) is 14.0. The van der Waals surface area contributed by atoms with Gasteiger partial charge in [-0.2, -0.15) is 0 Å². The molecule has 0 spiro atoms. The van der Waals surface area contributed by atoms with E-state index >= 15 is 0 Å². The maximum absolute atomic E-state index is 13.1. The Morgan fingerprint density at radius 2 is 1.78 bits per heavy atom. The van der Waals surface area contributed by atoms with Crippen molar-refractivity contribution in [3.63, 3.8) is 0 Å². The highest BCUT2D eigenvalue weighted by Crippen LogP contribution is 2.39. The van der Waals surface area contributed by atoms with E-state index < -0.39 is 15.6 Å². The molecule has 0 aliphatic carbocycles. The average Bonchev–Trinajstić information content (AvgIpc) is 3.06. The number of anilines is 2. The SMILES string of the molecule is Cc1ccc2c(NS(=O)(=O)Cc3ccncc3)cccc2c1Oc1ncccc1-c1ccnc(N[C@H]2CCCN(C(=O)OC(C)(C)C)C2)n1. The van der Waals surface area contributed by atoms with Gasteiger partial charge < -0.3 is 19.7 Å². The van der Waals surface area contributed by atoms with E-state index in [1.54, 1.807) is 60.0 Å². The molecule has 0 radical (unpaired) electrons. The maximum atomic E-state index is 13.1. The van der Waals surface area contributed by atoms with Crippen molar-refractivity contribution in [3.8, 4) is 22.9 Å². The number of fused-ring (bicyclic) bond motifs is 1. The second-order valence-electron chi connectivity index (χ2n) is 13.0. The largest absolute Gasteiger partial charge is 0.444 e. The Bertz CT molecular complexity index is 2070. The topological polar surface area (TPSA) is 149 Å². The fourth-order valence-electron chi connectivity index (χ4n) is 5.68. The number of ether oxygens (including phenoxy) is 2. The number of carbonyl (C=O) groups excluding carboxylic acids is 1. The summed E-state index contributed by atoms with van der Waals surface area (Å²) >= 11 is 0. The second-order valence-corrected chi connectivity index (χ2v) is 14.7. The predicted molar refractivity (Wildman–Crippen MR) is 189 cm³/mol. The molecule has 1 saturated heterocycles. The number of hydrogen-bond donors (Lipinski definition) is 2. The number of hydrogen-bond acceptors (Lipinski definition) is 10. The number of benzene rings is 2. The first kappa shape index (κ1) is 33.6. The summed E-state index contributed by atoms with van der Waals surface area (Å²) in [5.74, 6) is 1.12. The molecule has 1 fully saturated rings. The molecular weight excluding hydrogens is 643 g/mol. The average molecular weight is 682 g/mol. The Balaban J connectivity index is 1.23. The molecule has 5 aromatic rings. The zero-order valence-electron chi connectivity index (χ0n) is 27.9. The summed E-state index contributed by atoms with van der Waals surface area (Å²) in [5, 5.41) is 4.79. The first-order valence-electron chi connectivity index (χ1n) is 16.1. The summed E-state index contributed by atoms with van der Waals surface area (Å²) in [6, 6.07) is 17.9. The standard InChI is InChI=1S/C36H39N7O5S/c1-24-12-13-27-28(9-5-11-31(27)42-49(45,46)23-25-14-18-37-19-15-25)32(24)47-33-29(10-6-17-38-33)30-16-20-39-34(41-30)40-26-8-7-21-43(22-26)35(44)48-36(2,3)4/h5-6,9-20,26,42H,7-8,21-23H2,1-4H3,(H,39,40,41)/t26-/m0/s1. The van der Waals surface area contributed by atoms with Gasteiger partial charge in [0.15, 0.2) is 0 Å². The fourth-order valence-corrected chi connectivity index (χ4v) is 6.89. The van der Waals surface area contributed by atoms with E-state index in [1.165, 1.54) is 0 Å². The summed E-state index contributed by atoms with van der Waals surface area (Å²) < 4.78 is 41.0. The molecular formula is C36H39N7O5S. The van der Waals surface area contributed by atoms with Crippen molar-refractivity contribution in [2.45, 2.75) is 57.9 Å². The third-order valence-corrected chi connectivity index (χ3v) is 9.13. The van der Waals surface area contributed by atoms with Crippen LogP contribution in [-0.4, -0.2) is 64.1 Å². The van der Waals surface area contributed by atoms with Crippen LogP contribution in [0.1, 0.15) is 44.7 Å². The van der Waals surface area contributed by atoms with Crippen LogP contribution in [0.5, 0.6) is 11.6 Å². The third-order valence-electron chi connectivity index (χ3n) is 7.89. The smallest absolute Gasteiger partial charge is 0.410 e. The third kappa shape index (κ3) is 8.41. The van der Waals surface area contributed by atoms with E-state index in [0.29, 0.717) is 58.6 Å². The first-order chi connectivity index (χ1) is 23.4. The summed E-state index contributed by atoms with van der Waals surface area (Å²) in [7, 11) is -3.71. The van der Waals surface area contributed by atoms with Gasteiger partial charge in [0.2, 0.25) is 21.9 Å². The van der Waals surface area contributed by atoms with Crippen LogP contribution >= 0.6 is 0 Å². The van der Waals surface area contributed by atoms with Gasteiger partial charge in [0.1, 0.15) is 11.4 Å². The highest BCUT2D eigenvalue weighted by molar-refractivity contribution is 7.91. The molecule has 2 N–H and O–H groups in total. The minimum Gasteiger partial charge on any atom is -0.444 e. The van der Waals surface area contributed by atoms with Crippen molar-refractivity contribution in [1.29, 1.82) is 0 Å². The number of rotatable bonds is 9. The lowest BCUT2D eigenvalue weighted by Gasteiger charge is -2.34. The van der Waals surface area contributed by atoms with E-state index in [0.717, 1.165) is 23.8 Å². The normalized spacial score (nSPS) is 15.1. The lowest BCUT2D eigenvalue weighted by molar-refractivity contribution is 0.0206. The van der Waals surface area contributed by atoms with Crippen LogP contribution in [0.15, 0.2) is 85.5 Å². The van der Waals surface area contributed by atoms with Gasteiger partial charge in [-0.3, -0.25) is 9.71 Å². The van der Waals surface area contributed by atoms with Crippen molar-refractivity contribution < 1.29 is 22.7 Å². The number of nitrogens with one attached hydrogen (secondary N) is 2. The van der Waals surface area contributed by atoms with Crippen LogP contribution in [0.25, 0.3) is 22.0 Å². The van der Waals surface area contributed by atoms with Crippen molar-refractivity contribution in [3.05, 3.63) is 96.6 Å². The highest BCUT2D eigenvalue weighted by atomic mass is 32.2. The Morgan fingerprint density at radius 3 is 2.57 bits per heavy atom. The Hall–Kier alpha value is -5.30. The number of likely N-dealkylation sites (tertiary alicyclic amines) is 1. The number of carbonyl (C=O) groups is 1. The van der Waals surface area contributed by atoms with Crippen LogP contribution in [0.4, 0.5) is 16.4 Å². The molecule has 1 aliphatic rings. The Labute approximate surface area is 286 Å². The number of aryl methyl sites for hydroxylation is 1. The van der Waals surface area contributed by atoms with Gasteiger partial charge in [-0.15, -0.1) is 0 Å². The molecule has 0 saturated carbocycles. The van der Waals surface area contributed by atoms with Crippen LogP contribution < -0.4 is 14.8 Å².